The summed E-state index contributed by atoms with van der Waals surface area (Å²) >= 11 is 0. The fourth-order valence-corrected chi connectivity index (χ4v) is 4.80. The maximum Gasteiger partial charge on any atom is 0.229 e. The Morgan fingerprint density at radius 2 is 1.64 bits per heavy atom. The summed E-state index contributed by atoms with van der Waals surface area (Å²) < 4.78 is 0. The lowest BCUT2D eigenvalue weighted by Crippen LogP contribution is -2.19. The number of carbonyl (C=O) groups excluding carboxylic acids is 1. The van der Waals surface area contributed by atoms with Crippen molar-refractivity contribution in [3.63, 3.8) is 0 Å². The van der Waals surface area contributed by atoms with Crippen molar-refractivity contribution in [1.29, 1.82) is 0 Å². The third-order valence-electron chi connectivity index (χ3n) is 6.56. The van der Waals surface area contributed by atoms with E-state index >= 15 is 0 Å². The molecular formula is C29H29N3O. The molecule has 1 aliphatic rings. The third kappa shape index (κ3) is 5.28. The van der Waals surface area contributed by atoms with Gasteiger partial charge in [0.2, 0.25) is 5.91 Å². The maximum atomic E-state index is 12.9. The van der Waals surface area contributed by atoms with Crippen LogP contribution >= 0.6 is 0 Å². The molecule has 4 aromatic rings. The summed E-state index contributed by atoms with van der Waals surface area (Å²) in [4.78, 5) is 22.6. The molecule has 166 valence electrons. The van der Waals surface area contributed by atoms with Gasteiger partial charge in [-0.1, -0.05) is 105 Å². The van der Waals surface area contributed by atoms with E-state index in [0.717, 1.165) is 34.3 Å². The minimum absolute atomic E-state index is 0.0584. The van der Waals surface area contributed by atoms with Gasteiger partial charge in [0.25, 0.3) is 0 Å². The topological polar surface area (TPSA) is 54.9 Å². The smallest absolute Gasteiger partial charge is 0.229 e. The van der Waals surface area contributed by atoms with Crippen LogP contribution in [0.2, 0.25) is 0 Å². The number of rotatable bonds is 6. The van der Waals surface area contributed by atoms with E-state index < -0.39 is 0 Å². The predicted octanol–water partition coefficient (Wildman–Crippen LogP) is 6.60. The number of benzene rings is 3. The molecule has 4 nitrogen and oxygen atoms in total. The Kier molecular flexibility index (Phi) is 6.43. The molecule has 1 aromatic heterocycles. The molecular weight excluding hydrogens is 406 g/mol. The first-order chi connectivity index (χ1) is 16.2. The highest BCUT2D eigenvalue weighted by Crippen LogP contribution is 2.29. The van der Waals surface area contributed by atoms with Crippen LogP contribution in [0.3, 0.4) is 0 Å². The van der Waals surface area contributed by atoms with Crippen molar-refractivity contribution >= 4 is 22.5 Å². The number of carbonyl (C=O) groups is 1. The Balaban J connectivity index is 1.37. The van der Waals surface area contributed by atoms with E-state index in [0.29, 0.717) is 18.2 Å². The summed E-state index contributed by atoms with van der Waals surface area (Å²) in [5.74, 6) is 1.15. The van der Waals surface area contributed by atoms with Crippen molar-refractivity contribution in [1.82, 2.24) is 9.97 Å². The van der Waals surface area contributed by atoms with E-state index in [1.165, 1.54) is 37.5 Å². The molecule has 33 heavy (non-hydrogen) atoms. The predicted molar refractivity (Wildman–Crippen MR) is 134 cm³/mol. The average Bonchev–Trinajstić information content (AvgIpc) is 2.86. The van der Waals surface area contributed by atoms with E-state index in [4.69, 9.17) is 4.98 Å². The molecule has 1 fully saturated rings. The van der Waals surface area contributed by atoms with Gasteiger partial charge in [-0.15, -0.1) is 0 Å². The number of hydrogen-bond donors (Lipinski definition) is 1. The molecule has 1 heterocycles. The van der Waals surface area contributed by atoms with Crippen molar-refractivity contribution in [3.8, 4) is 11.3 Å². The Morgan fingerprint density at radius 1 is 0.879 bits per heavy atom. The van der Waals surface area contributed by atoms with Gasteiger partial charge in [-0.25, -0.2) is 9.97 Å². The summed E-state index contributed by atoms with van der Waals surface area (Å²) in [5.41, 5.74) is 3.79. The molecule has 0 atom stereocenters. The Hall–Kier alpha value is -3.53. The molecule has 4 heteroatoms. The molecule has 1 N–H and O–H groups in total. The molecule has 0 saturated heterocycles. The molecule has 0 radical (unpaired) electrons. The van der Waals surface area contributed by atoms with Crippen LogP contribution in [-0.2, 0) is 17.6 Å². The SMILES string of the molecule is O=C(Cc1ccc2ccccc2c1)Nc1ncc(-c2ccccc2)nc1CC1CCCCC1. The van der Waals surface area contributed by atoms with Crippen LogP contribution in [0, 0.1) is 5.92 Å². The van der Waals surface area contributed by atoms with Crippen LogP contribution in [0.1, 0.15) is 43.4 Å². The first-order valence-corrected chi connectivity index (χ1v) is 11.9. The van der Waals surface area contributed by atoms with Gasteiger partial charge in [0, 0.05) is 5.56 Å². The van der Waals surface area contributed by atoms with Gasteiger partial charge in [0.1, 0.15) is 0 Å². The van der Waals surface area contributed by atoms with Crippen LogP contribution in [-0.4, -0.2) is 15.9 Å². The quantitative estimate of drug-likeness (QED) is 0.371. The van der Waals surface area contributed by atoms with Gasteiger partial charge in [0.05, 0.1) is 24.0 Å². The zero-order valence-corrected chi connectivity index (χ0v) is 18.8. The van der Waals surface area contributed by atoms with Gasteiger partial charge in [0.15, 0.2) is 5.82 Å². The largest absolute Gasteiger partial charge is 0.309 e. The summed E-state index contributed by atoms with van der Waals surface area (Å²) in [6.45, 7) is 0. The minimum atomic E-state index is -0.0584. The first-order valence-electron chi connectivity index (χ1n) is 11.9. The number of fused-ring (bicyclic) bond motifs is 1. The summed E-state index contributed by atoms with van der Waals surface area (Å²) in [7, 11) is 0. The second kappa shape index (κ2) is 9.95. The highest BCUT2D eigenvalue weighted by Gasteiger charge is 2.19. The second-order valence-corrected chi connectivity index (χ2v) is 9.03. The van der Waals surface area contributed by atoms with Crippen LogP contribution < -0.4 is 5.32 Å². The second-order valence-electron chi connectivity index (χ2n) is 9.03. The van der Waals surface area contributed by atoms with Crippen molar-refractivity contribution in [2.24, 2.45) is 5.92 Å². The summed E-state index contributed by atoms with van der Waals surface area (Å²) in [5, 5.41) is 5.39. The monoisotopic (exact) mass is 435 g/mol. The Morgan fingerprint density at radius 3 is 2.45 bits per heavy atom. The Labute approximate surface area is 195 Å². The molecule has 0 bridgehead atoms. The van der Waals surface area contributed by atoms with Gasteiger partial charge < -0.3 is 5.32 Å². The zero-order valence-electron chi connectivity index (χ0n) is 18.8. The van der Waals surface area contributed by atoms with E-state index in [1.807, 2.05) is 48.5 Å². The fourth-order valence-electron chi connectivity index (χ4n) is 4.80. The van der Waals surface area contributed by atoms with E-state index in [-0.39, 0.29) is 5.91 Å². The van der Waals surface area contributed by atoms with Crippen LogP contribution in [0.25, 0.3) is 22.0 Å². The molecule has 1 aliphatic carbocycles. The van der Waals surface area contributed by atoms with Gasteiger partial charge in [-0.2, -0.15) is 0 Å². The summed E-state index contributed by atoms with van der Waals surface area (Å²) in [6.07, 6.45) is 9.27. The normalized spacial score (nSPS) is 14.3. The molecule has 0 unspecified atom stereocenters. The molecule has 3 aromatic carbocycles. The van der Waals surface area contributed by atoms with Crippen molar-refractivity contribution < 1.29 is 4.79 Å². The Bertz CT molecular complexity index is 1250. The van der Waals surface area contributed by atoms with Crippen LogP contribution in [0.5, 0.6) is 0 Å². The first kappa shape index (κ1) is 21.3. The van der Waals surface area contributed by atoms with Gasteiger partial charge >= 0.3 is 0 Å². The molecule has 1 amide bonds. The van der Waals surface area contributed by atoms with Crippen molar-refractivity contribution in [3.05, 3.63) is 90.3 Å². The lowest BCUT2D eigenvalue weighted by molar-refractivity contribution is -0.115. The highest BCUT2D eigenvalue weighted by atomic mass is 16.1. The number of hydrogen-bond acceptors (Lipinski definition) is 3. The van der Waals surface area contributed by atoms with E-state index in [9.17, 15) is 4.79 Å². The van der Waals surface area contributed by atoms with Gasteiger partial charge in [-0.3, -0.25) is 4.79 Å². The highest BCUT2D eigenvalue weighted by molar-refractivity contribution is 5.93. The van der Waals surface area contributed by atoms with Gasteiger partial charge in [-0.05, 0) is 28.7 Å². The number of nitrogens with zero attached hydrogens (tertiary/aromatic N) is 2. The number of aromatic nitrogens is 2. The van der Waals surface area contributed by atoms with E-state index in [2.05, 4.69) is 34.6 Å². The fraction of sp³-hybridized carbons (Fsp3) is 0.276. The van der Waals surface area contributed by atoms with Crippen LogP contribution in [0.15, 0.2) is 79.0 Å². The number of nitrogens with one attached hydrogen (secondary N) is 1. The molecule has 0 aliphatic heterocycles. The lowest BCUT2D eigenvalue weighted by atomic mass is 9.86. The molecule has 0 spiro atoms. The molecule has 5 rings (SSSR count). The average molecular weight is 436 g/mol. The number of amides is 1. The number of anilines is 1. The zero-order chi connectivity index (χ0) is 22.5. The maximum absolute atomic E-state index is 12.9. The summed E-state index contributed by atoms with van der Waals surface area (Å²) in [6, 6.07) is 24.5. The van der Waals surface area contributed by atoms with Crippen LogP contribution in [0.4, 0.5) is 5.82 Å². The van der Waals surface area contributed by atoms with Crippen molar-refractivity contribution in [2.75, 3.05) is 5.32 Å². The van der Waals surface area contributed by atoms with E-state index in [1.54, 1.807) is 6.20 Å². The molecule has 1 saturated carbocycles. The third-order valence-corrected chi connectivity index (χ3v) is 6.56. The van der Waals surface area contributed by atoms with Crippen molar-refractivity contribution in [2.45, 2.75) is 44.9 Å². The standard InChI is InChI=1S/C29H29N3O/c33-28(19-22-15-16-23-11-7-8-14-25(23)17-22)32-29-26(18-21-9-3-1-4-10-21)31-27(20-30-29)24-12-5-2-6-13-24/h2,5-8,11-17,20-21H,1,3-4,9-10,18-19H2,(H,30,32,33). The minimum Gasteiger partial charge on any atom is -0.309 e. The lowest BCUT2D eigenvalue weighted by Gasteiger charge is -2.22.